The molecule has 0 spiro atoms. The van der Waals surface area contributed by atoms with Crippen LogP contribution in [0.25, 0.3) is 0 Å². The lowest BCUT2D eigenvalue weighted by atomic mass is 10.1. The largest absolute Gasteiger partial charge is 0.469 e. The fourth-order valence-electron chi connectivity index (χ4n) is 2.45. The first kappa shape index (κ1) is 15.6. The highest BCUT2D eigenvalue weighted by molar-refractivity contribution is 8.00. The van der Waals surface area contributed by atoms with Crippen LogP contribution in [0, 0.1) is 5.82 Å². The number of halogens is 1. The van der Waals surface area contributed by atoms with E-state index in [2.05, 4.69) is 0 Å². The highest BCUT2D eigenvalue weighted by Crippen LogP contribution is 2.39. The van der Waals surface area contributed by atoms with E-state index in [1.54, 1.807) is 12.1 Å². The van der Waals surface area contributed by atoms with Crippen molar-refractivity contribution in [3.05, 3.63) is 59.9 Å². The van der Waals surface area contributed by atoms with E-state index in [-0.39, 0.29) is 18.1 Å². The van der Waals surface area contributed by atoms with Crippen molar-refractivity contribution in [2.24, 2.45) is 0 Å². The molecule has 2 aromatic rings. The van der Waals surface area contributed by atoms with Crippen LogP contribution in [0.1, 0.15) is 16.8 Å². The molecular formula is C17H14FNO3S. The van der Waals surface area contributed by atoms with Crippen LogP contribution >= 0.6 is 11.8 Å². The zero-order valence-electron chi connectivity index (χ0n) is 12.4. The number of fused-ring (bicyclic) bond motifs is 1. The molecule has 0 aromatic heterocycles. The van der Waals surface area contributed by atoms with E-state index < -0.39 is 11.3 Å². The molecule has 0 fully saturated rings. The number of benzene rings is 2. The highest BCUT2D eigenvalue weighted by atomic mass is 32.2. The maximum atomic E-state index is 13.2. The third-order valence-electron chi connectivity index (χ3n) is 3.56. The molecule has 1 atom stereocenters. The standard InChI is InChI=1S/C17H14FNO3S/c1-22-16(20)10-15-19(12-8-6-11(18)7-9-12)17(21)13-4-2-3-5-14(13)23-15/h2-9,15H,10H2,1H3. The molecule has 1 aliphatic heterocycles. The monoisotopic (exact) mass is 331 g/mol. The average molecular weight is 331 g/mol. The van der Waals surface area contributed by atoms with Crippen LogP contribution in [0.3, 0.4) is 0 Å². The van der Waals surface area contributed by atoms with Gasteiger partial charge in [-0.25, -0.2) is 4.39 Å². The SMILES string of the molecule is COC(=O)CC1Sc2ccccc2C(=O)N1c1ccc(F)cc1. The molecule has 23 heavy (non-hydrogen) atoms. The number of ether oxygens (including phenoxy) is 1. The second-order valence-corrected chi connectivity index (χ2v) is 6.22. The van der Waals surface area contributed by atoms with Gasteiger partial charge in [-0.05, 0) is 36.4 Å². The smallest absolute Gasteiger partial charge is 0.308 e. The van der Waals surface area contributed by atoms with Gasteiger partial charge in [0.05, 0.1) is 24.5 Å². The Hall–Kier alpha value is -2.34. The Balaban J connectivity index is 2.02. The number of nitrogens with zero attached hydrogens (tertiary/aromatic N) is 1. The summed E-state index contributed by atoms with van der Waals surface area (Å²) >= 11 is 1.42. The number of hydrogen-bond donors (Lipinski definition) is 0. The van der Waals surface area contributed by atoms with Gasteiger partial charge in [0, 0.05) is 10.6 Å². The zero-order valence-corrected chi connectivity index (χ0v) is 13.2. The molecule has 0 bridgehead atoms. The number of amides is 1. The van der Waals surface area contributed by atoms with Gasteiger partial charge in [0.25, 0.3) is 5.91 Å². The molecule has 0 aliphatic carbocycles. The van der Waals surface area contributed by atoms with E-state index in [1.807, 2.05) is 12.1 Å². The fourth-order valence-corrected chi connectivity index (χ4v) is 3.72. The first-order chi connectivity index (χ1) is 11.1. The van der Waals surface area contributed by atoms with Crippen LogP contribution in [-0.2, 0) is 9.53 Å². The zero-order chi connectivity index (χ0) is 16.4. The number of anilines is 1. The predicted octanol–water partition coefficient (Wildman–Crippen LogP) is 3.47. The van der Waals surface area contributed by atoms with Gasteiger partial charge >= 0.3 is 5.97 Å². The van der Waals surface area contributed by atoms with E-state index in [0.717, 1.165) is 4.90 Å². The number of hydrogen-bond acceptors (Lipinski definition) is 4. The third-order valence-corrected chi connectivity index (χ3v) is 4.82. The van der Waals surface area contributed by atoms with Gasteiger partial charge in [-0.3, -0.25) is 14.5 Å². The van der Waals surface area contributed by atoms with Crippen LogP contribution in [0.2, 0.25) is 0 Å². The van der Waals surface area contributed by atoms with Crippen LogP contribution in [-0.4, -0.2) is 24.4 Å². The molecule has 0 saturated heterocycles. The topological polar surface area (TPSA) is 46.6 Å². The Bertz CT molecular complexity index is 748. The van der Waals surface area contributed by atoms with Crippen molar-refractivity contribution in [3.8, 4) is 0 Å². The predicted molar refractivity (Wildman–Crippen MR) is 85.9 cm³/mol. The highest BCUT2D eigenvalue weighted by Gasteiger charge is 2.35. The quantitative estimate of drug-likeness (QED) is 0.808. The molecule has 3 rings (SSSR count). The van der Waals surface area contributed by atoms with Gasteiger partial charge in [-0.2, -0.15) is 0 Å². The molecule has 1 amide bonds. The Morgan fingerprint density at radius 1 is 1.22 bits per heavy atom. The summed E-state index contributed by atoms with van der Waals surface area (Å²) in [5.41, 5.74) is 1.12. The lowest BCUT2D eigenvalue weighted by Crippen LogP contribution is -2.43. The summed E-state index contributed by atoms with van der Waals surface area (Å²) in [6.07, 6.45) is 0.0542. The van der Waals surface area contributed by atoms with Crippen molar-refractivity contribution in [2.45, 2.75) is 16.7 Å². The minimum Gasteiger partial charge on any atom is -0.469 e. The lowest BCUT2D eigenvalue weighted by molar-refractivity contribution is -0.140. The Labute approximate surface area is 137 Å². The molecule has 118 valence electrons. The summed E-state index contributed by atoms with van der Waals surface area (Å²) < 4.78 is 17.9. The van der Waals surface area contributed by atoms with Crippen LogP contribution < -0.4 is 4.90 Å². The first-order valence-electron chi connectivity index (χ1n) is 7.02. The van der Waals surface area contributed by atoms with Gasteiger partial charge < -0.3 is 4.74 Å². The van der Waals surface area contributed by atoms with Crippen LogP contribution in [0.5, 0.6) is 0 Å². The maximum Gasteiger partial charge on any atom is 0.308 e. The summed E-state index contributed by atoms with van der Waals surface area (Å²) in [4.78, 5) is 26.9. The first-order valence-corrected chi connectivity index (χ1v) is 7.90. The molecule has 6 heteroatoms. The summed E-state index contributed by atoms with van der Waals surface area (Å²) in [5, 5.41) is -0.435. The number of esters is 1. The average Bonchev–Trinajstić information content (AvgIpc) is 2.56. The van der Waals surface area contributed by atoms with E-state index >= 15 is 0 Å². The number of carbonyl (C=O) groups excluding carboxylic acids is 2. The molecule has 0 radical (unpaired) electrons. The molecule has 1 heterocycles. The second-order valence-electron chi connectivity index (χ2n) is 5.00. The van der Waals surface area contributed by atoms with Crippen molar-refractivity contribution in [2.75, 3.05) is 12.0 Å². The van der Waals surface area contributed by atoms with Gasteiger partial charge in [0.2, 0.25) is 0 Å². The number of rotatable bonds is 3. The third kappa shape index (κ3) is 3.07. The van der Waals surface area contributed by atoms with Gasteiger partial charge in [0.1, 0.15) is 5.82 Å². The summed E-state index contributed by atoms with van der Waals surface area (Å²) in [7, 11) is 1.31. The van der Waals surface area contributed by atoms with E-state index in [9.17, 15) is 14.0 Å². The molecule has 1 unspecified atom stereocenters. The van der Waals surface area contributed by atoms with Gasteiger partial charge in [0.15, 0.2) is 0 Å². The Kier molecular flexibility index (Phi) is 4.34. The number of thioether (sulfide) groups is 1. The van der Waals surface area contributed by atoms with Crippen LogP contribution in [0.4, 0.5) is 10.1 Å². The summed E-state index contributed by atoms with van der Waals surface area (Å²) in [6, 6.07) is 12.9. The molecule has 2 aromatic carbocycles. The van der Waals surface area contributed by atoms with Crippen molar-refractivity contribution >= 4 is 29.3 Å². The number of carbonyl (C=O) groups is 2. The van der Waals surface area contributed by atoms with E-state index in [1.165, 1.54) is 48.0 Å². The van der Waals surface area contributed by atoms with E-state index in [4.69, 9.17) is 4.74 Å². The van der Waals surface area contributed by atoms with Gasteiger partial charge in [-0.1, -0.05) is 23.9 Å². The Morgan fingerprint density at radius 3 is 2.61 bits per heavy atom. The summed E-state index contributed by atoms with van der Waals surface area (Å²) in [6.45, 7) is 0. The van der Waals surface area contributed by atoms with Crippen molar-refractivity contribution < 1.29 is 18.7 Å². The molecule has 0 saturated carbocycles. The van der Waals surface area contributed by atoms with E-state index in [0.29, 0.717) is 11.3 Å². The van der Waals surface area contributed by atoms with Crippen molar-refractivity contribution in [3.63, 3.8) is 0 Å². The minimum atomic E-state index is -0.435. The molecule has 0 N–H and O–H groups in total. The number of methoxy groups -OCH3 is 1. The molecule has 1 aliphatic rings. The molecular weight excluding hydrogens is 317 g/mol. The maximum absolute atomic E-state index is 13.2. The normalized spacial score (nSPS) is 16.9. The second kappa shape index (κ2) is 6.42. The minimum absolute atomic E-state index is 0.0542. The van der Waals surface area contributed by atoms with Crippen molar-refractivity contribution in [1.29, 1.82) is 0 Å². The van der Waals surface area contributed by atoms with Gasteiger partial charge in [-0.15, -0.1) is 0 Å². The fraction of sp³-hybridized carbons (Fsp3) is 0.176. The Morgan fingerprint density at radius 2 is 1.91 bits per heavy atom. The van der Waals surface area contributed by atoms with Crippen LogP contribution in [0.15, 0.2) is 53.4 Å². The lowest BCUT2D eigenvalue weighted by Gasteiger charge is -2.35. The molecule has 4 nitrogen and oxygen atoms in total. The van der Waals surface area contributed by atoms with Crippen molar-refractivity contribution in [1.82, 2.24) is 0 Å². The summed E-state index contributed by atoms with van der Waals surface area (Å²) in [5.74, 6) is -0.988.